The van der Waals surface area contributed by atoms with Gasteiger partial charge in [0.25, 0.3) is 5.89 Å². The van der Waals surface area contributed by atoms with Crippen LogP contribution in [0.1, 0.15) is 26.6 Å². The highest BCUT2D eigenvalue weighted by Crippen LogP contribution is 2.29. The third-order valence-electron chi connectivity index (χ3n) is 2.27. The molecule has 1 amide bonds. The number of carbonyl (C=O) groups is 1. The van der Waals surface area contributed by atoms with E-state index in [4.69, 9.17) is 9.26 Å². The van der Waals surface area contributed by atoms with Crippen molar-refractivity contribution in [2.24, 2.45) is 0 Å². The summed E-state index contributed by atoms with van der Waals surface area (Å²) in [4.78, 5) is 16.7. The number of ether oxygens (including phenoxy) is 1. The molecular formula is C13H16BrN3O3S. The number of aromatic nitrogens is 2. The Labute approximate surface area is 135 Å². The van der Waals surface area contributed by atoms with Crippen molar-refractivity contribution in [3.63, 3.8) is 0 Å². The van der Waals surface area contributed by atoms with E-state index in [9.17, 15) is 4.79 Å². The molecule has 2 heterocycles. The molecule has 0 saturated carbocycles. The van der Waals surface area contributed by atoms with Crippen LogP contribution in [0.3, 0.4) is 0 Å². The second kappa shape index (κ2) is 6.57. The predicted molar refractivity (Wildman–Crippen MR) is 83.3 cm³/mol. The first kappa shape index (κ1) is 16.0. The first-order valence-electron chi connectivity index (χ1n) is 6.38. The fourth-order valence-corrected chi connectivity index (χ4v) is 2.78. The Morgan fingerprint density at radius 2 is 2.24 bits per heavy atom. The summed E-state index contributed by atoms with van der Waals surface area (Å²) in [5.41, 5.74) is -0.504. The Morgan fingerprint density at radius 1 is 1.48 bits per heavy atom. The maximum Gasteiger partial charge on any atom is 0.407 e. The van der Waals surface area contributed by atoms with Gasteiger partial charge in [-0.15, -0.1) is 11.3 Å². The lowest BCUT2D eigenvalue weighted by molar-refractivity contribution is 0.0528. The van der Waals surface area contributed by atoms with Gasteiger partial charge >= 0.3 is 6.09 Å². The van der Waals surface area contributed by atoms with Crippen LogP contribution in [0, 0.1) is 0 Å². The highest BCUT2D eigenvalue weighted by Gasteiger charge is 2.16. The van der Waals surface area contributed by atoms with Crippen molar-refractivity contribution in [3.05, 3.63) is 21.7 Å². The number of alkyl carbamates (subject to hydrolysis) is 1. The number of nitrogens with zero attached hydrogens (tertiary/aromatic N) is 2. The Kier molecular flexibility index (Phi) is 5.00. The van der Waals surface area contributed by atoms with Crippen LogP contribution in [0.2, 0.25) is 0 Å². The molecule has 0 unspecified atom stereocenters. The zero-order chi connectivity index (χ0) is 15.5. The van der Waals surface area contributed by atoms with E-state index in [1.807, 2.05) is 32.9 Å². The molecule has 1 N–H and O–H groups in total. The average Bonchev–Trinajstić information content (AvgIpc) is 2.95. The van der Waals surface area contributed by atoms with Crippen molar-refractivity contribution in [2.45, 2.75) is 32.8 Å². The minimum Gasteiger partial charge on any atom is -0.444 e. The first-order chi connectivity index (χ1) is 9.83. The molecule has 6 nitrogen and oxygen atoms in total. The van der Waals surface area contributed by atoms with Crippen LogP contribution < -0.4 is 5.32 Å². The van der Waals surface area contributed by atoms with E-state index in [1.54, 1.807) is 0 Å². The van der Waals surface area contributed by atoms with Crippen molar-refractivity contribution >= 4 is 33.4 Å². The molecule has 0 atom stereocenters. The molecule has 8 heteroatoms. The van der Waals surface area contributed by atoms with E-state index in [1.165, 1.54) is 11.3 Å². The van der Waals surface area contributed by atoms with Gasteiger partial charge in [0.1, 0.15) is 5.60 Å². The Morgan fingerprint density at radius 3 is 2.86 bits per heavy atom. The molecule has 0 spiro atoms. The molecular weight excluding hydrogens is 358 g/mol. The average molecular weight is 374 g/mol. The van der Waals surface area contributed by atoms with Crippen LogP contribution in [-0.4, -0.2) is 28.4 Å². The molecule has 2 aromatic heterocycles. The van der Waals surface area contributed by atoms with Crippen molar-refractivity contribution in [2.75, 3.05) is 6.54 Å². The molecule has 0 bridgehead atoms. The van der Waals surface area contributed by atoms with Gasteiger partial charge in [-0.05, 0) is 48.8 Å². The molecule has 0 aliphatic rings. The second-order valence-electron chi connectivity index (χ2n) is 5.30. The molecule has 0 saturated heterocycles. The van der Waals surface area contributed by atoms with E-state index >= 15 is 0 Å². The summed E-state index contributed by atoms with van der Waals surface area (Å²) in [5, 5.41) is 6.54. The van der Waals surface area contributed by atoms with E-state index in [2.05, 4.69) is 31.4 Å². The highest BCUT2D eigenvalue weighted by molar-refractivity contribution is 9.11. The molecule has 0 aliphatic heterocycles. The van der Waals surface area contributed by atoms with Gasteiger partial charge in [-0.25, -0.2) is 4.79 Å². The maximum absolute atomic E-state index is 11.5. The largest absolute Gasteiger partial charge is 0.444 e. The smallest absolute Gasteiger partial charge is 0.407 e. The quantitative estimate of drug-likeness (QED) is 0.884. The van der Waals surface area contributed by atoms with Gasteiger partial charge in [0.15, 0.2) is 5.82 Å². The topological polar surface area (TPSA) is 77.2 Å². The Bertz CT molecular complexity index is 618. The normalized spacial score (nSPS) is 11.4. The third-order valence-corrected chi connectivity index (χ3v) is 3.88. The SMILES string of the molecule is CC(C)(C)OC(=O)NCCc1noc(-c2ccc(Br)s2)n1. The number of hydrogen-bond donors (Lipinski definition) is 1. The van der Waals surface area contributed by atoms with Gasteiger partial charge in [-0.3, -0.25) is 0 Å². The zero-order valence-corrected chi connectivity index (χ0v) is 14.4. The van der Waals surface area contributed by atoms with E-state index in [0.29, 0.717) is 24.7 Å². The lowest BCUT2D eigenvalue weighted by atomic mass is 10.2. The molecule has 114 valence electrons. The molecule has 0 aliphatic carbocycles. The summed E-state index contributed by atoms with van der Waals surface area (Å²) in [6, 6.07) is 3.83. The van der Waals surface area contributed by atoms with E-state index < -0.39 is 11.7 Å². The number of rotatable bonds is 4. The van der Waals surface area contributed by atoms with Gasteiger partial charge < -0.3 is 14.6 Å². The van der Waals surface area contributed by atoms with Gasteiger partial charge in [0.2, 0.25) is 0 Å². The molecule has 0 aromatic carbocycles. The molecule has 0 fully saturated rings. The molecule has 2 rings (SSSR count). The third kappa shape index (κ3) is 5.13. The lowest BCUT2D eigenvalue weighted by Crippen LogP contribution is -2.33. The van der Waals surface area contributed by atoms with Crippen LogP contribution in [-0.2, 0) is 11.2 Å². The van der Waals surface area contributed by atoms with Crippen molar-refractivity contribution in [3.8, 4) is 10.8 Å². The number of halogens is 1. The summed E-state index contributed by atoms with van der Waals surface area (Å²) in [6.07, 6.45) is 0.0309. The number of carbonyl (C=O) groups excluding carboxylic acids is 1. The molecule has 21 heavy (non-hydrogen) atoms. The van der Waals surface area contributed by atoms with Crippen LogP contribution in [0.4, 0.5) is 4.79 Å². The summed E-state index contributed by atoms with van der Waals surface area (Å²) >= 11 is 4.91. The summed E-state index contributed by atoms with van der Waals surface area (Å²) in [6.45, 7) is 5.84. The Hall–Kier alpha value is -1.41. The predicted octanol–water partition coefficient (Wildman–Crippen LogP) is 3.63. The first-order valence-corrected chi connectivity index (χ1v) is 7.99. The summed E-state index contributed by atoms with van der Waals surface area (Å²) < 4.78 is 11.3. The lowest BCUT2D eigenvalue weighted by Gasteiger charge is -2.19. The number of amides is 1. The van der Waals surface area contributed by atoms with Gasteiger partial charge in [0, 0.05) is 13.0 Å². The van der Waals surface area contributed by atoms with Crippen LogP contribution in [0.15, 0.2) is 20.4 Å². The van der Waals surface area contributed by atoms with E-state index in [0.717, 1.165) is 8.66 Å². The summed E-state index contributed by atoms with van der Waals surface area (Å²) in [5.74, 6) is 1.03. The number of nitrogens with one attached hydrogen (secondary N) is 1. The van der Waals surface area contributed by atoms with E-state index in [-0.39, 0.29) is 0 Å². The number of thiophene rings is 1. The number of hydrogen-bond acceptors (Lipinski definition) is 6. The van der Waals surface area contributed by atoms with Crippen molar-refractivity contribution < 1.29 is 14.1 Å². The summed E-state index contributed by atoms with van der Waals surface area (Å²) in [7, 11) is 0. The van der Waals surface area contributed by atoms with Crippen LogP contribution >= 0.6 is 27.3 Å². The van der Waals surface area contributed by atoms with Crippen LogP contribution in [0.5, 0.6) is 0 Å². The minimum absolute atomic E-state index is 0.391. The molecule has 2 aromatic rings. The van der Waals surface area contributed by atoms with Gasteiger partial charge in [0.05, 0.1) is 8.66 Å². The van der Waals surface area contributed by atoms with Crippen molar-refractivity contribution in [1.82, 2.24) is 15.5 Å². The Balaban J connectivity index is 1.82. The fraction of sp³-hybridized carbons (Fsp3) is 0.462. The maximum atomic E-state index is 11.5. The van der Waals surface area contributed by atoms with Gasteiger partial charge in [-0.1, -0.05) is 5.16 Å². The monoisotopic (exact) mass is 373 g/mol. The highest BCUT2D eigenvalue weighted by atomic mass is 79.9. The van der Waals surface area contributed by atoms with Crippen LogP contribution in [0.25, 0.3) is 10.8 Å². The fourth-order valence-electron chi connectivity index (χ4n) is 1.48. The minimum atomic E-state index is -0.504. The molecule has 0 radical (unpaired) electrons. The zero-order valence-electron chi connectivity index (χ0n) is 12.0. The van der Waals surface area contributed by atoms with Crippen molar-refractivity contribution in [1.29, 1.82) is 0 Å². The standard InChI is InChI=1S/C13H16BrN3O3S/c1-13(2,3)19-12(18)15-7-6-10-16-11(20-17-10)8-4-5-9(14)21-8/h4-5H,6-7H2,1-3H3,(H,15,18). The van der Waals surface area contributed by atoms with Gasteiger partial charge in [-0.2, -0.15) is 4.98 Å². The second-order valence-corrected chi connectivity index (χ2v) is 7.76.